The maximum absolute atomic E-state index is 12.5. The van der Waals surface area contributed by atoms with E-state index in [-0.39, 0.29) is 18.5 Å². The number of hydrogen-bond donors (Lipinski definition) is 3. The quantitative estimate of drug-likeness (QED) is 0.0321. The van der Waals surface area contributed by atoms with Crippen LogP contribution in [-0.4, -0.2) is 47.4 Å². The zero-order valence-electron chi connectivity index (χ0n) is 46.6. The van der Waals surface area contributed by atoms with Crippen LogP contribution in [0, 0.1) is 0 Å². The molecule has 1 amide bonds. The molecule has 0 bridgehead atoms. The summed E-state index contributed by atoms with van der Waals surface area (Å²) in [7, 11) is 0. The highest BCUT2D eigenvalue weighted by Crippen LogP contribution is 2.18. The van der Waals surface area contributed by atoms with Crippen molar-refractivity contribution in [2.75, 3.05) is 13.2 Å². The van der Waals surface area contributed by atoms with Crippen molar-refractivity contribution in [2.24, 2.45) is 0 Å². The molecule has 0 saturated carbocycles. The number of carbonyl (C=O) groups is 2. The number of allylic oxidation sites excluding steroid dienone is 4. The molecule has 3 N–H and O–H groups in total. The van der Waals surface area contributed by atoms with Gasteiger partial charge in [-0.1, -0.05) is 301 Å². The highest BCUT2D eigenvalue weighted by Gasteiger charge is 2.20. The summed E-state index contributed by atoms with van der Waals surface area (Å²) < 4.78 is 5.47. The van der Waals surface area contributed by atoms with Crippen LogP contribution in [0.5, 0.6) is 0 Å². The van der Waals surface area contributed by atoms with Crippen LogP contribution in [0.15, 0.2) is 24.3 Å². The minimum Gasteiger partial charge on any atom is -0.466 e. The molecule has 6 heteroatoms. The van der Waals surface area contributed by atoms with E-state index >= 15 is 0 Å². The molecule has 69 heavy (non-hydrogen) atoms. The number of carbonyl (C=O) groups excluding carboxylic acids is 2. The number of ether oxygens (including phenoxy) is 1. The van der Waals surface area contributed by atoms with Crippen molar-refractivity contribution in [1.29, 1.82) is 0 Å². The van der Waals surface area contributed by atoms with Crippen LogP contribution in [0.1, 0.15) is 341 Å². The van der Waals surface area contributed by atoms with Gasteiger partial charge in [-0.15, -0.1) is 0 Å². The minimum absolute atomic E-state index is 0.000387. The summed E-state index contributed by atoms with van der Waals surface area (Å²) in [5, 5.41) is 23.3. The van der Waals surface area contributed by atoms with Crippen molar-refractivity contribution in [3.8, 4) is 0 Å². The Morgan fingerprint density at radius 3 is 1.16 bits per heavy atom. The van der Waals surface area contributed by atoms with Crippen LogP contribution in [-0.2, 0) is 14.3 Å². The molecule has 2 unspecified atom stereocenters. The molecule has 0 aromatic heterocycles. The Kier molecular flexibility index (Phi) is 57.5. The van der Waals surface area contributed by atoms with Gasteiger partial charge < -0.3 is 20.3 Å². The Morgan fingerprint density at radius 1 is 0.406 bits per heavy atom. The normalized spacial score (nSPS) is 12.7. The summed E-state index contributed by atoms with van der Waals surface area (Å²) >= 11 is 0. The third-order valence-corrected chi connectivity index (χ3v) is 14.5. The van der Waals surface area contributed by atoms with Crippen LogP contribution in [0.2, 0.25) is 0 Å². The second kappa shape index (κ2) is 58.9. The SMILES string of the molecule is CCC/C=C\C/C=C\CCCCCCCC(=O)OCCCCCCCCCCCCCCCCCCCCCCCCCCC(=O)NC(CO)C(O)CCCCCCCCCCCCCCCCC. The predicted octanol–water partition coefficient (Wildman–Crippen LogP) is 19.4. The maximum Gasteiger partial charge on any atom is 0.305 e. The van der Waals surface area contributed by atoms with Crippen LogP contribution in [0.3, 0.4) is 0 Å². The fourth-order valence-electron chi connectivity index (χ4n) is 9.74. The van der Waals surface area contributed by atoms with Crippen LogP contribution in [0.4, 0.5) is 0 Å². The molecule has 0 saturated heterocycles. The Bertz CT molecular complexity index is 1080. The standard InChI is InChI=1S/C63H121NO5/c1-3-5-7-9-11-13-15-17-28-32-35-39-43-47-51-55-61(66)60(59-65)64-62(67)56-52-48-44-40-36-33-29-26-24-22-20-18-19-21-23-25-27-30-34-38-42-46-50-54-58-69-63(68)57-53-49-45-41-37-31-16-14-12-10-8-6-4-2/h8,10,14,16,60-61,65-66H,3-7,9,11-13,15,17-59H2,1-2H3,(H,64,67)/b10-8-,16-14-. The van der Waals surface area contributed by atoms with Gasteiger partial charge in [0.25, 0.3) is 0 Å². The molecular weight excluding hydrogens is 851 g/mol. The first-order chi connectivity index (χ1) is 34.0. The maximum atomic E-state index is 12.5. The number of rotatable bonds is 58. The smallest absolute Gasteiger partial charge is 0.305 e. The van der Waals surface area contributed by atoms with Crippen molar-refractivity contribution >= 4 is 11.9 Å². The first-order valence-electron chi connectivity index (χ1n) is 31.1. The van der Waals surface area contributed by atoms with Gasteiger partial charge >= 0.3 is 5.97 Å². The number of hydrogen-bond acceptors (Lipinski definition) is 5. The van der Waals surface area contributed by atoms with E-state index in [4.69, 9.17) is 4.74 Å². The predicted molar refractivity (Wildman–Crippen MR) is 301 cm³/mol. The number of nitrogens with one attached hydrogen (secondary N) is 1. The molecule has 0 aromatic rings. The molecule has 0 aliphatic rings. The largest absolute Gasteiger partial charge is 0.466 e. The molecule has 0 aromatic carbocycles. The molecule has 0 aliphatic heterocycles. The number of aliphatic hydroxyl groups excluding tert-OH is 2. The van der Waals surface area contributed by atoms with E-state index in [1.165, 1.54) is 257 Å². The van der Waals surface area contributed by atoms with Gasteiger partial charge in [-0.05, 0) is 51.4 Å². The van der Waals surface area contributed by atoms with Crippen LogP contribution >= 0.6 is 0 Å². The average molecular weight is 973 g/mol. The molecule has 0 radical (unpaired) electrons. The van der Waals surface area contributed by atoms with Gasteiger partial charge in [0, 0.05) is 12.8 Å². The highest BCUT2D eigenvalue weighted by molar-refractivity contribution is 5.76. The molecule has 408 valence electrons. The van der Waals surface area contributed by atoms with Crippen molar-refractivity contribution in [1.82, 2.24) is 5.32 Å². The molecule has 2 atom stereocenters. The van der Waals surface area contributed by atoms with E-state index < -0.39 is 12.1 Å². The van der Waals surface area contributed by atoms with Crippen LogP contribution < -0.4 is 5.32 Å². The Balaban J connectivity index is 3.36. The number of aliphatic hydroxyl groups is 2. The number of esters is 1. The van der Waals surface area contributed by atoms with Gasteiger partial charge in [0.2, 0.25) is 5.91 Å². The van der Waals surface area contributed by atoms with E-state index in [0.29, 0.717) is 25.9 Å². The molecule has 0 rings (SSSR count). The first kappa shape index (κ1) is 67.3. The number of amides is 1. The van der Waals surface area contributed by atoms with Gasteiger partial charge in [0.15, 0.2) is 0 Å². The van der Waals surface area contributed by atoms with E-state index in [1.54, 1.807) is 0 Å². The second-order valence-corrected chi connectivity index (χ2v) is 21.4. The van der Waals surface area contributed by atoms with E-state index in [1.807, 2.05) is 0 Å². The van der Waals surface area contributed by atoms with Crippen molar-refractivity contribution < 1.29 is 24.5 Å². The van der Waals surface area contributed by atoms with Gasteiger partial charge in [0.1, 0.15) is 0 Å². The molecule has 0 spiro atoms. The summed E-state index contributed by atoms with van der Waals surface area (Å²) in [5.74, 6) is -0.0315. The van der Waals surface area contributed by atoms with Gasteiger partial charge in [0.05, 0.1) is 25.4 Å². The zero-order valence-corrected chi connectivity index (χ0v) is 46.6. The first-order valence-corrected chi connectivity index (χ1v) is 31.1. The van der Waals surface area contributed by atoms with Gasteiger partial charge in [-0.2, -0.15) is 0 Å². The molecule has 0 fully saturated rings. The molecule has 6 nitrogen and oxygen atoms in total. The van der Waals surface area contributed by atoms with Crippen molar-refractivity contribution in [3.63, 3.8) is 0 Å². The molecule has 0 heterocycles. The fourth-order valence-corrected chi connectivity index (χ4v) is 9.74. The minimum atomic E-state index is -0.663. The summed E-state index contributed by atoms with van der Waals surface area (Å²) in [4.78, 5) is 24.5. The van der Waals surface area contributed by atoms with E-state index in [9.17, 15) is 19.8 Å². The van der Waals surface area contributed by atoms with E-state index in [0.717, 1.165) is 51.4 Å². The molecular formula is C63H121NO5. The monoisotopic (exact) mass is 972 g/mol. The summed E-state index contributed by atoms with van der Waals surface area (Å²) in [6, 6.07) is -0.540. The van der Waals surface area contributed by atoms with Gasteiger partial charge in [-0.3, -0.25) is 9.59 Å². The fraction of sp³-hybridized carbons (Fsp3) is 0.905. The summed E-state index contributed by atoms with van der Waals surface area (Å²) in [5.41, 5.74) is 0. The third kappa shape index (κ3) is 55.5. The summed E-state index contributed by atoms with van der Waals surface area (Å²) in [6.07, 6.45) is 71.9. The third-order valence-electron chi connectivity index (χ3n) is 14.5. The lowest BCUT2D eigenvalue weighted by Crippen LogP contribution is -2.45. The van der Waals surface area contributed by atoms with Gasteiger partial charge in [-0.25, -0.2) is 0 Å². The zero-order chi connectivity index (χ0) is 50.0. The average Bonchev–Trinajstić information content (AvgIpc) is 3.35. The topological polar surface area (TPSA) is 95.9 Å². The van der Waals surface area contributed by atoms with Crippen molar-refractivity contribution in [3.05, 3.63) is 24.3 Å². The Hall–Kier alpha value is -1.66. The highest BCUT2D eigenvalue weighted by atomic mass is 16.5. The van der Waals surface area contributed by atoms with Crippen molar-refractivity contribution in [2.45, 2.75) is 353 Å². The lowest BCUT2D eigenvalue weighted by Gasteiger charge is -2.22. The Labute approximate surface area is 431 Å². The Morgan fingerprint density at radius 2 is 0.754 bits per heavy atom. The van der Waals surface area contributed by atoms with Crippen LogP contribution in [0.25, 0.3) is 0 Å². The summed E-state index contributed by atoms with van der Waals surface area (Å²) in [6.45, 7) is 4.90. The second-order valence-electron chi connectivity index (χ2n) is 21.4. The molecule has 0 aliphatic carbocycles. The lowest BCUT2D eigenvalue weighted by atomic mass is 10.0. The van der Waals surface area contributed by atoms with E-state index in [2.05, 4.69) is 43.5 Å². The lowest BCUT2D eigenvalue weighted by molar-refractivity contribution is -0.143. The number of unbranched alkanes of at least 4 members (excludes halogenated alkanes) is 43.